The van der Waals surface area contributed by atoms with Crippen molar-refractivity contribution < 1.29 is 4.79 Å². The van der Waals surface area contributed by atoms with Crippen LogP contribution < -0.4 is 5.43 Å². The first-order valence-electron chi connectivity index (χ1n) is 7.74. The van der Waals surface area contributed by atoms with E-state index < -0.39 is 0 Å². The second-order valence-electron chi connectivity index (χ2n) is 6.07. The fourth-order valence-electron chi connectivity index (χ4n) is 2.32. The third-order valence-corrected chi connectivity index (χ3v) is 3.56. The zero-order valence-corrected chi connectivity index (χ0v) is 13.9. The minimum absolute atomic E-state index is 0.0658. The van der Waals surface area contributed by atoms with Crippen molar-refractivity contribution in [3.05, 3.63) is 18.1 Å². The fraction of sp³-hybridized carbons (Fsp3) is 0.600. The number of likely N-dealkylation sites (N-methyl/N-ethyl adjacent to an activating group) is 1. The van der Waals surface area contributed by atoms with Crippen LogP contribution in [0.15, 0.2) is 12.3 Å². The highest BCUT2D eigenvalue weighted by Crippen LogP contribution is 2.10. The van der Waals surface area contributed by atoms with Crippen LogP contribution in [0.1, 0.15) is 19.7 Å². The van der Waals surface area contributed by atoms with Crippen LogP contribution >= 0.6 is 0 Å². The molecule has 0 atom stereocenters. The second kappa shape index (κ2) is 7.74. The largest absolute Gasteiger partial charge is 0.338 e. The number of urea groups is 1. The molecular formula is C15H23N7O. The summed E-state index contributed by atoms with van der Waals surface area (Å²) in [5.74, 6) is 0.822. The Hall–Kier alpha value is -2.40. The van der Waals surface area contributed by atoms with Crippen molar-refractivity contribution in [2.45, 2.75) is 13.8 Å². The van der Waals surface area contributed by atoms with Gasteiger partial charge in [0.15, 0.2) is 0 Å². The maximum absolute atomic E-state index is 12.8. The molecule has 2 amide bonds. The normalized spacial score (nSPS) is 15.3. The molecule has 1 N–H and O–H groups in total. The first-order valence-corrected chi connectivity index (χ1v) is 7.74. The molecule has 0 spiro atoms. The number of hydrazine groups is 1. The van der Waals surface area contributed by atoms with E-state index in [2.05, 4.69) is 27.3 Å². The monoisotopic (exact) mass is 317 g/mol. The summed E-state index contributed by atoms with van der Waals surface area (Å²) in [5, 5.41) is 10.5. The van der Waals surface area contributed by atoms with Gasteiger partial charge in [0.2, 0.25) is 5.82 Å². The lowest BCUT2D eigenvalue weighted by atomic mass is 10.2. The standard InChI is InChI=1S/C15H23N7O/c1-12(2)11-22(15(23)21-8-6-20(3)7-9-21)19-13-4-5-17-14(10-16)18-13/h4-5,12H,6-9,11H2,1-3H3,(H,17,18,19). The molecule has 1 aliphatic rings. The predicted octanol–water partition coefficient (Wildman–Crippen LogP) is 1.00. The molecule has 124 valence electrons. The van der Waals surface area contributed by atoms with E-state index in [1.807, 2.05) is 24.8 Å². The van der Waals surface area contributed by atoms with Crippen LogP contribution in [0.3, 0.4) is 0 Å². The molecule has 0 saturated carbocycles. The lowest BCUT2D eigenvalue weighted by Gasteiger charge is -2.36. The number of nitriles is 1. The lowest BCUT2D eigenvalue weighted by molar-refractivity contribution is 0.125. The molecule has 0 aromatic carbocycles. The minimum Gasteiger partial charge on any atom is -0.321 e. The van der Waals surface area contributed by atoms with Crippen molar-refractivity contribution in [1.29, 1.82) is 5.26 Å². The third-order valence-electron chi connectivity index (χ3n) is 3.56. The van der Waals surface area contributed by atoms with Crippen LogP contribution in [0.2, 0.25) is 0 Å². The Kier molecular flexibility index (Phi) is 5.71. The molecule has 8 heteroatoms. The van der Waals surface area contributed by atoms with Gasteiger partial charge in [-0.1, -0.05) is 13.8 Å². The Balaban J connectivity index is 2.09. The molecule has 0 radical (unpaired) electrons. The van der Waals surface area contributed by atoms with E-state index in [4.69, 9.17) is 5.26 Å². The van der Waals surface area contributed by atoms with Gasteiger partial charge in [-0.05, 0) is 13.0 Å². The summed E-state index contributed by atoms with van der Waals surface area (Å²) in [4.78, 5) is 24.7. The highest BCUT2D eigenvalue weighted by Gasteiger charge is 2.25. The number of carbonyl (C=O) groups excluding carboxylic acids is 1. The van der Waals surface area contributed by atoms with Gasteiger partial charge < -0.3 is 9.80 Å². The number of nitrogens with zero attached hydrogens (tertiary/aromatic N) is 6. The Morgan fingerprint density at radius 2 is 2.13 bits per heavy atom. The number of rotatable bonds is 4. The van der Waals surface area contributed by atoms with Crippen molar-refractivity contribution in [3.8, 4) is 6.07 Å². The van der Waals surface area contributed by atoms with E-state index in [0.29, 0.717) is 31.4 Å². The molecule has 1 aromatic heterocycles. The first-order chi connectivity index (χ1) is 11.0. The fourth-order valence-corrected chi connectivity index (χ4v) is 2.32. The number of amides is 2. The average Bonchev–Trinajstić information content (AvgIpc) is 2.54. The molecule has 0 aliphatic carbocycles. The number of piperazine rings is 1. The maximum atomic E-state index is 12.8. The quantitative estimate of drug-likeness (QED) is 0.834. The number of nitrogens with one attached hydrogen (secondary N) is 1. The minimum atomic E-state index is -0.0658. The van der Waals surface area contributed by atoms with Gasteiger partial charge in [-0.3, -0.25) is 5.43 Å². The molecule has 1 fully saturated rings. The molecular weight excluding hydrogens is 294 g/mol. The summed E-state index contributed by atoms with van der Waals surface area (Å²) in [5.41, 5.74) is 3.02. The average molecular weight is 317 g/mol. The topological polar surface area (TPSA) is 88.4 Å². The molecule has 0 bridgehead atoms. The first kappa shape index (κ1) is 17.0. The summed E-state index contributed by atoms with van der Waals surface area (Å²) in [6, 6.07) is 3.48. The van der Waals surface area contributed by atoms with Gasteiger partial charge in [0.1, 0.15) is 11.9 Å². The number of anilines is 1. The highest BCUT2D eigenvalue weighted by molar-refractivity contribution is 5.76. The van der Waals surface area contributed by atoms with Crippen LogP contribution in [0.4, 0.5) is 10.6 Å². The molecule has 0 unspecified atom stereocenters. The molecule has 8 nitrogen and oxygen atoms in total. The molecule has 1 aliphatic heterocycles. The van der Waals surface area contributed by atoms with Crippen molar-refractivity contribution in [1.82, 2.24) is 24.8 Å². The van der Waals surface area contributed by atoms with Crippen LogP contribution in [-0.2, 0) is 0 Å². The van der Waals surface area contributed by atoms with Gasteiger partial charge in [0.05, 0.1) is 0 Å². The Morgan fingerprint density at radius 1 is 1.43 bits per heavy atom. The maximum Gasteiger partial charge on any atom is 0.338 e. The number of hydrogen-bond donors (Lipinski definition) is 1. The summed E-state index contributed by atoms with van der Waals surface area (Å²) in [6.07, 6.45) is 1.50. The molecule has 2 heterocycles. The van der Waals surface area contributed by atoms with Crippen LogP contribution in [0, 0.1) is 17.2 Å². The predicted molar refractivity (Wildman–Crippen MR) is 86.4 cm³/mol. The lowest BCUT2D eigenvalue weighted by Crippen LogP contribution is -2.54. The van der Waals surface area contributed by atoms with Crippen LogP contribution in [0.5, 0.6) is 0 Å². The van der Waals surface area contributed by atoms with Gasteiger partial charge in [-0.15, -0.1) is 0 Å². The van der Waals surface area contributed by atoms with Gasteiger partial charge in [0, 0.05) is 45.0 Å². The molecule has 2 rings (SSSR count). The summed E-state index contributed by atoms with van der Waals surface area (Å²) >= 11 is 0. The Morgan fingerprint density at radius 3 is 2.74 bits per heavy atom. The van der Waals surface area contributed by atoms with Gasteiger partial charge in [0.25, 0.3) is 0 Å². The van der Waals surface area contributed by atoms with E-state index >= 15 is 0 Å². The molecule has 23 heavy (non-hydrogen) atoms. The smallest absolute Gasteiger partial charge is 0.321 e. The van der Waals surface area contributed by atoms with Crippen LogP contribution in [0.25, 0.3) is 0 Å². The molecule has 1 aromatic rings. The van der Waals surface area contributed by atoms with E-state index in [9.17, 15) is 4.79 Å². The van der Waals surface area contributed by atoms with Gasteiger partial charge in [-0.25, -0.2) is 19.8 Å². The zero-order valence-electron chi connectivity index (χ0n) is 13.9. The van der Waals surface area contributed by atoms with Gasteiger partial charge in [-0.2, -0.15) is 5.26 Å². The molecule has 1 saturated heterocycles. The summed E-state index contributed by atoms with van der Waals surface area (Å²) < 4.78 is 0. The number of hydrogen-bond acceptors (Lipinski definition) is 6. The van der Waals surface area contributed by atoms with Crippen molar-refractivity contribution >= 4 is 11.8 Å². The van der Waals surface area contributed by atoms with Crippen LogP contribution in [-0.4, -0.2) is 70.6 Å². The third kappa shape index (κ3) is 4.79. The summed E-state index contributed by atoms with van der Waals surface area (Å²) in [6.45, 7) is 7.80. The van der Waals surface area contributed by atoms with Crippen molar-refractivity contribution in [3.63, 3.8) is 0 Å². The van der Waals surface area contributed by atoms with E-state index in [0.717, 1.165) is 13.1 Å². The van der Waals surface area contributed by atoms with Crippen molar-refractivity contribution in [2.75, 3.05) is 45.2 Å². The zero-order chi connectivity index (χ0) is 16.8. The van der Waals surface area contributed by atoms with E-state index in [1.54, 1.807) is 11.1 Å². The highest BCUT2D eigenvalue weighted by atomic mass is 16.2. The van der Waals surface area contributed by atoms with Crippen molar-refractivity contribution in [2.24, 2.45) is 5.92 Å². The van der Waals surface area contributed by atoms with E-state index in [1.165, 1.54) is 6.20 Å². The number of aromatic nitrogens is 2. The Bertz CT molecular complexity index is 575. The van der Waals surface area contributed by atoms with Gasteiger partial charge >= 0.3 is 6.03 Å². The second-order valence-corrected chi connectivity index (χ2v) is 6.07. The Labute approximate surface area is 136 Å². The SMILES string of the molecule is CC(C)CN(Nc1ccnc(C#N)n1)C(=O)N1CCN(C)CC1. The van der Waals surface area contributed by atoms with E-state index in [-0.39, 0.29) is 11.9 Å². The summed E-state index contributed by atoms with van der Waals surface area (Å²) in [7, 11) is 2.05. The number of carbonyl (C=O) groups is 1.